The number of para-hydroxylation sites is 2. The van der Waals surface area contributed by atoms with E-state index >= 15 is 0 Å². The lowest BCUT2D eigenvalue weighted by atomic mass is 10.1. The highest BCUT2D eigenvalue weighted by Crippen LogP contribution is 2.32. The standard InChI is InChI=1S/C29H34BrN3O5S/c1-5-21(2)31-29(35)22(3)32(19-23-15-17-24(30)18-16-23)28(34)20-33(26-13-9-10-14-27(26)38-4)39(36,37)25-11-7-6-8-12-25/h6-18,21-22H,5,19-20H2,1-4H3,(H,31,35)/t21-,22-/m1/s1. The van der Waals surface area contributed by atoms with Gasteiger partial charge in [-0.2, -0.15) is 0 Å². The van der Waals surface area contributed by atoms with E-state index in [1.165, 1.54) is 24.1 Å². The van der Waals surface area contributed by atoms with E-state index in [1.54, 1.807) is 49.4 Å². The molecule has 1 N–H and O–H groups in total. The fraction of sp³-hybridized carbons (Fsp3) is 0.310. The number of hydrogen-bond donors (Lipinski definition) is 1. The van der Waals surface area contributed by atoms with Crippen molar-refractivity contribution < 1.29 is 22.7 Å². The molecule has 0 spiro atoms. The highest BCUT2D eigenvalue weighted by atomic mass is 79.9. The van der Waals surface area contributed by atoms with Gasteiger partial charge in [-0.3, -0.25) is 13.9 Å². The second-order valence-electron chi connectivity index (χ2n) is 9.14. The van der Waals surface area contributed by atoms with Gasteiger partial charge in [-0.1, -0.05) is 65.3 Å². The minimum Gasteiger partial charge on any atom is -0.495 e. The normalized spacial score (nSPS) is 12.7. The third-order valence-corrected chi connectivity index (χ3v) is 8.70. The van der Waals surface area contributed by atoms with Crippen LogP contribution in [0.2, 0.25) is 0 Å². The molecule has 208 valence electrons. The molecule has 0 saturated heterocycles. The number of nitrogens with zero attached hydrogens (tertiary/aromatic N) is 2. The Bertz CT molecular complexity index is 1370. The van der Waals surface area contributed by atoms with Gasteiger partial charge in [0.05, 0.1) is 17.7 Å². The van der Waals surface area contributed by atoms with E-state index in [0.717, 1.165) is 20.8 Å². The summed E-state index contributed by atoms with van der Waals surface area (Å²) < 4.78 is 35.1. The second kappa shape index (κ2) is 13.6. The Morgan fingerprint density at radius 2 is 1.56 bits per heavy atom. The van der Waals surface area contributed by atoms with Crippen molar-refractivity contribution >= 4 is 43.5 Å². The average Bonchev–Trinajstić information content (AvgIpc) is 2.95. The number of sulfonamides is 1. The summed E-state index contributed by atoms with van der Waals surface area (Å²) in [5.41, 5.74) is 1.02. The smallest absolute Gasteiger partial charge is 0.264 e. The lowest BCUT2D eigenvalue weighted by Gasteiger charge is -2.32. The van der Waals surface area contributed by atoms with Gasteiger partial charge in [0.1, 0.15) is 18.3 Å². The number of ether oxygens (including phenoxy) is 1. The van der Waals surface area contributed by atoms with Crippen LogP contribution < -0.4 is 14.4 Å². The van der Waals surface area contributed by atoms with Crippen LogP contribution in [0, 0.1) is 0 Å². The molecule has 3 rings (SSSR count). The number of hydrogen-bond acceptors (Lipinski definition) is 5. The van der Waals surface area contributed by atoms with Crippen molar-refractivity contribution in [3.05, 3.63) is 88.9 Å². The first kappa shape index (κ1) is 30.2. The molecule has 2 amide bonds. The average molecular weight is 617 g/mol. The van der Waals surface area contributed by atoms with Crippen molar-refractivity contribution in [2.45, 2.75) is 50.7 Å². The minimum absolute atomic E-state index is 0.0331. The van der Waals surface area contributed by atoms with E-state index < -0.39 is 28.5 Å². The van der Waals surface area contributed by atoms with E-state index in [4.69, 9.17) is 4.74 Å². The molecule has 10 heteroatoms. The molecule has 0 unspecified atom stereocenters. The second-order valence-corrected chi connectivity index (χ2v) is 11.9. The number of amides is 2. The fourth-order valence-corrected chi connectivity index (χ4v) is 5.61. The molecular formula is C29H34BrN3O5S. The third-order valence-electron chi connectivity index (χ3n) is 6.40. The van der Waals surface area contributed by atoms with E-state index in [1.807, 2.05) is 38.1 Å². The molecule has 0 aliphatic rings. The first-order chi connectivity index (χ1) is 18.6. The van der Waals surface area contributed by atoms with E-state index in [2.05, 4.69) is 21.2 Å². The van der Waals surface area contributed by atoms with Crippen LogP contribution in [0.15, 0.2) is 88.2 Å². The molecule has 0 aliphatic heterocycles. The zero-order valence-corrected chi connectivity index (χ0v) is 24.9. The Kier molecular flexibility index (Phi) is 10.5. The predicted octanol–water partition coefficient (Wildman–Crippen LogP) is 4.99. The van der Waals surface area contributed by atoms with Crippen LogP contribution in [0.3, 0.4) is 0 Å². The number of rotatable bonds is 12. The van der Waals surface area contributed by atoms with E-state index in [0.29, 0.717) is 5.75 Å². The molecule has 2 atom stereocenters. The SMILES string of the molecule is CC[C@@H](C)NC(=O)[C@@H](C)N(Cc1ccc(Br)cc1)C(=O)CN(c1ccccc1OC)S(=O)(=O)c1ccccc1. The molecule has 8 nitrogen and oxygen atoms in total. The van der Waals surface area contributed by atoms with Gasteiger partial charge < -0.3 is 15.0 Å². The van der Waals surface area contributed by atoms with Gasteiger partial charge in [-0.15, -0.1) is 0 Å². The molecule has 0 radical (unpaired) electrons. The van der Waals surface area contributed by atoms with Crippen molar-refractivity contribution in [3.8, 4) is 5.75 Å². The fourth-order valence-electron chi connectivity index (χ4n) is 3.90. The summed E-state index contributed by atoms with van der Waals surface area (Å²) in [4.78, 5) is 28.5. The van der Waals surface area contributed by atoms with Crippen molar-refractivity contribution in [1.82, 2.24) is 10.2 Å². The molecule has 0 aromatic heterocycles. The number of halogens is 1. The van der Waals surface area contributed by atoms with Crippen LogP contribution in [0.4, 0.5) is 5.69 Å². The van der Waals surface area contributed by atoms with Gasteiger partial charge in [-0.05, 0) is 62.2 Å². The quantitative estimate of drug-likeness (QED) is 0.310. The van der Waals surface area contributed by atoms with E-state index in [-0.39, 0.29) is 29.1 Å². The highest BCUT2D eigenvalue weighted by molar-refractivity contribution is 9.10. The maximum atomic E-state index is 14.0. The number of benzene rings is 3. The number of carbonyl (C=O) groups excluding carboxylic acids is 2. The predicted molar refractivity (Wildman–Crippen MR) is 156 cm³/mol. The monoisotopic (exact) mass is 615 g/mol. The van der Waals surface area contributed by atoms with Gasteiger partial charge in [0.2, 0.25) is 11.8 Å². The van der Waals surface area contributed by atoms with Crippen LogP contribution in [0.25, 0.3) is 0 Å². The van der Waals surface area contributed by atoms with Gasteiger partial charge in [-0.25, -0.2) is 8.42 Å². The Morgan fingerprint density at radius 1 is 0.949 bits per heavy atom. The lowest BCUT2D eigenvalue weighted by molar-refractivity contribution is -0.139. The zero-order chi connectivity index (χ0) is 28.6. The van der Waals surface area contributed by atoms with Crippen LogP contribution in [0.1, 0.15) is 32.8 Å². The van der Waals surface area contributed by atoms with Gasteiger partial charge in [0, 0.05) is 17.1 Å². The Hall–Kier alpha value is -3.37. The molecule has 0 heterocycles. The lowest BCUT2D eigenvalue weighted by Crippen LogP contribution is -2.52. The molecule has 0 saturated carbocycles. The summed E-state index contributed by atoms with van der Waals surface area (Å²) in [5.74, 6) is -0.550. The molecule has 3 aromatic rings. The Balaban J connectivity index is 2.04. The number of nitrogens with one attached hydrogen (secondary N) is 1. The van der Waals surface area contributed by atoms with Crippen molar-refractivity contribution in [2.75, 3.05) is 18.0 Å². The molecule has 0 aliphatic carbocycles. The summed E-state index contributed by atoms with van der Waals surface area (Å²) >= 11 is 3.41. The molecule has 3 aromatic carbocycles. The molecular weight excluding hydrogens is 582 g/mol. The minimum atomic E-state index is -4.16. The maximum Gasteiger partial charge on any atom is 0.264 e. The van der Waals surface area contributed by atoms with Gasteiger partial charge >= 0.3 is 0 Å². The Labute approximate surface area is 239 Å². The van der Waals surface area contributed by atoms with Crippen LogP contribution >= 0.6 is 15.9 Å². The largest absolute Gasteiger partial charge is 0.495 e. The Morgan fingerprint density at radius 3 is 2.18 bits per heavy atom. The first-order valence-corrected chi connectivity index (χ1v) is 14.9. The zero-order valence-electron chi connectivity index (χ0n) is 22.5. The summed E-state index contributed by atoms with van der Waals surface area (Å²) in [6, 6.07) is 21.0. The molecule has 0 fully saturated rings. The van der Waals surface area contributed by atoms with Crippen LogP contribution in [-0.2, 0) is 26.2 Å². The first-order valence-electron chi connectivity index (χ1n) is 12.6. The van der Waals surface area contributed by atoms with Crippen molar-refractivity contribution in [2.24, 2.45) is 0 Å². The number of methoxy groups -OCH3 is 1. The third kappa shape index (κ3) is 7.60. The van der Waals surface area contributed by atoms with Crippen LogP contribution in [0.5, 0.6) is 5.75 Å². The summed E-state index contributed by atoms with van der Waals surface area (Å²) in [6.45, 7) is 5.08. The number of anilines is 1. The van der Waals surface area contributed by atoms with Gasteiger partial charge in [0.15, 0.2) is 0 Å². The van der Waals surface area contributed by atoms with Crippen molar-refractivity contribution in [1.29, 1.82) is 0 Å². The summed E-state index contributed by atoms with van der Waals surface area (Å²) in [5, 5.41) is 2.93. The summed E-state index contributed by atoms with van der Waals surface area (Å²) in [7, 11) is -2.72. The van der Waals surface area contributed by atoms with Gasteiger partial charge in [0.25, 0.3) is 10.0 Å². The number of carbonyl (C=O) groups is 2. The highest BCUT2D eigenvalue weighted by Gasteiger charge is 2.33. The summed E-state index contributed by atoms with van der Waals surface area (Å²) in [6.07, 6.45) is 0.732. The van der Waals surface area contributed by atoms with Crippen LogP contribution in [-0.4, -0.2) is 50.9 Å². The molecule has 39 heavy (non-hydrogen) atoms. The topological polar surface area (TPSA) is 96.0 Å². The molecule has 0 bridgehead atoms. The maximum absolute atomic E-state index is 14.0. The van der Waals surface area contributed by atoms with Crippen molar-refractivity contribution in [3.63, 3.8) is 0 Å². The van der Waals surface area contributed by atoms with E-state index in [9.17, 15) is 18.0 Å².